The van der Waals surface area contributed by atoms with Gasteiger partial charge in [0.2, 0.25) is 5.91 Å². The van der Waals surface area contributed by atoms with Crippen LogP contribution in [0.3, 0.4) is 0 Å². The molecule has 5 heteroatoms. The summed E-state index contributed by atoms with van der Waals surface area (Å²) in [6.45, 7) is 2.58. The van der Waals surface area contributed by atoms with Crippen molar-refractivity contribution in [2.45, 2.75) is 12.8 Å². The van der Waals surface area contributed by atoms with Crippen LogP contribution in [-0.4, -0.2) is 35.8 Å². The molecule has 0 aromatic heterocycles. The first-order valence-electron chi connectivity index (χ1n) is 8.44. The van der Waals surface area contributed by atoms with E-state index in [9.17, 15) is 15.0 Å². The quantitative estimate of drug-likeness (QED) is 0.430. The highest BCUT2D eigenvalue weighted by Crippen LogP contribution is 2.27. The zero-order valence-corrected chi connectivity index (χ0v) is 14.0. The number of amides is 1. The third-order valence-electron chi connectivity index (χ3n) is 4.31. The average Bonchev–Trinajstić information content (AvgIpc) is 3.03. The molecule has 2 aromatic rings. The number of aromatic hydroxyl groups is 2. The third kappa shape index (κ3) is 4.32. The first-order chi connectivity index (χ1) is 12.1. The Balaban J connectivity index is 1.41. The van der Waals surface area contributed by atoms with E-state index < -0.39 is 0 Å². The van der Waals surface area contributed by atoms with Gasteiger partial charge in [-0.05, 0) is 48.2 Å². The van der Waals surface area contributed by atoms with E-state index in [2.05, 4.69) is 34.5 Å². The number of carbonyl (C=O) groups excluding carboxylic acids is 1. The Labute approximate surface area is 147 Å². The van der Waals surface area contributed by atoms with Crippen LogP contribution in [-0.2, 0) is 11.2 Å². The lowest BCUT2D eigenvalue weighted by molar-refractivity contribution is -0.116. The largest absolute Gasteiger partial charge is 0.504 e. The minimum Gasteiger partial charge on any atom is -0.504 e. The van der Waals surface area contributed by atoms with Crippen LogP contribution in [0.15, 0.2) is 48.5 Å². The van der Waals surface area contributed by atoms with Crippen LogP contribution >= 0.6 is 0 Å². The molecule has 0 spiro atoms. The molecule has 0 atom stereocenters. The van der Waals surface area contributed by atoms with Crippen LogP contribution in [0.4, 0.5) is 5.69 Å². The molecule has 0 fully saturated rings. The van der Waals surface area contributed by atoms with Gasteiger partial charge in [-0.15, -0.1) is 0 Å². The van der Waals surface area contributed by atoms with Gasteiger partial charge in [0.1, 0.15) is 0 Å². The van der Waals surface area contributed by atoms with Gasteiger partial charge in [0.15, 0.2) is 11.5 Å². The predicted molar refractivity (Wildman–Crippen MR) is 98.8 cm³/mol. The maximum atomic E-state index is 11.8. The van der Waals surface area contributed by atoms with E-state index in [0.29, 0.717) is 12.1 Å². The summed E-state index contributed by atoms with van der Waals surface area (Å²) in [5.41, 5.74) is 3.35. The lowest BCUT2D eigenvalue weighted by Crippen LogP contribution is -2.28. The number of benzene rings is 2. The number of anilines is 1. The highest BCUT2D eigenvalue weighted by molar-refractivity contribution is 5.91. The molecule has 1 amide bonds. The zero-order chi connectivity index (χ0) is 17.6. The highest BCUT2D eigenvalue weighted by Gasteiger charge is 2.17. The molecular weight excluding hydrogens is 316 g/mol. The van der Waals surface area contributed by atoms with E-state index in [1.807, 2.05) is 0 Å². The van der Waals surface area contributed by atoms with Crippen molar-refractivity contribution in [2.24, 2.45) is 0 Å². The lowest BCUT2D eigenvalue weighted by Gasteiger charge is -2.19. The molecule has 1 aliphatic heterocycles. The lowest BCUT2D eigenvalue weighted by atomic mass is 10.2. The van der Waals surface area contributed by atoms with Crippen LogP contribution in [0, 0.1) is 0 Å². The monoisotopic (exact) mass is 338 g/mol. The molecule has 130 valence electrons. The van der Waals surface area contributed by atoms with Crippen LogP contribution in [0.5, 0.6) is 11.5 Å². The maximum Gasteiger partial charge on any atom is 0.244 e. The second kappa shape index (κ2) is 7.75. The van der Waals surface area contributed by atoms with Crippen molar-refractivity contribution in [3.8, 4) is 11.5 Å². The number of phenols is 2. The molecule has 0 saturated heterocycles. The minimum atomic E-state index is -0.201. The van der Waals surface area contributed by atoms with Crippen molar-refractivity contribution in [3.05, 3.63) is 59.7 Å². The number of hydrogen-bond donors (Lipinski definition) is 3. The Morgan fingerprint density at radius 1 is 1.16 bits per heavy atom. The summed E-state index contributed by atoms with van der Waals surface area (Å²) in [5.74, 6) is -0.548. The number of fused-ring (bicyclic) bond motifs is 1. The van der Waals surface area contributed by atoms with Gasteiger partial charge in [0.05, 0.1) is 0 Å². The number of rotatable bonds is 6. The van der Waals surface area contributed by atoms with Crippen molar-refractivity contribution in [1.29, 1.82) is 0 Å². The summed E-state index contributed by atoms with van der Waals surface area (Å²) < 4.78 is 0. The van der Waals surface area contributed by atoms with E-state index in [-0.39, 0.29) is 17.4 Å². The van der Waals surface area contributed by atoms with E-state index in [1.54, 1.807) is 12.1 Å². The Morgan fingerprint density at radius 3 is 2.84 bits per heavy atom. The highest BCUT2D eigenvalue weighted by atomic mass is 16.3. The Bertz CT molecular complexity index is 786. The first-order valence-corrected chi connectivity index (χ1v) is 8.44. The smallest absolute Gasteiger partial charge is 0.244 e. The summed E-state index contributed by atoms with van der Waals surface area (Å²) in [5, 5.41) is 21.5. The van der Waals surface area contributed by atoms with E-state index >= 15 is 0 Å². The molecule has 0 aliphatic carbocycles. The van der Waals surface area contributed by atoms with Gasteiger partial charge in [-0.25, -0.2) is 0 Å². The van der Waals surface area contributed by atoms with Crippen molar-refractivity contribution < 1.29 is 15.0 Å². The van der Waals surface area contributed by atoms with Crippen LogP contribution in [0.1, 0.15) is 17.5 Å². The summed E-state index contributed by atoms with van der Waals surface area (Å²) in [6, 6.07) is 12.9. The van der Waals surface area contributed by atoms with Gasteiger partial charge in [-0.1, -0.05) is 24.3 Å². The first kappa shape index (κ1) is 16.9. The van der Waals surface area contributed by atoms with Gasteiger partial charge >= 0.3 is 0 Å². The number of carbonyl (C=O) groups is 1. The molecule has 0 unspecified atom stereocenters. The average molecular weight is 338 g/mol. The van der Waals surface area contributed by atoms with Crippen molar-refractivity contribution in [3.63, 3.8) is 0 Å². The second-order valence-electron chi connectivity index (χ2n) is 6.09. The molecule has 1 heterocycles. The molecule has 3 rings (SSSR count). The van der Waals surface area contributed by atoms with Gasteiger partial charge in [0.25, 0.3) is 0 Å². The molecule has 5 nitrogen and oxygen atoms in total. The van der Waals surface area contributed by atoms with Crippen LogP contribution in [0.2, 0.25) is 0 Å². The fraction of sp³-hybridized carbons (Fsp3) is 0.250. The molecule has 25 heavy (non-hydrogen) atoms. The molecule has 1 aliphatic rings. The van der Waals surface area contributed by atoms with Crippen molar-refractivity contribution >= 4 is 17.7 Å². The minimum absolute atomic E-state index is 0.172. The molecule has 3 N–H and O–H groups in total. The van der Waals surface area contributed by atoms with E-state index in [4.69, 9.17) is 0 Å². The Kier molecular flexibility index (Phi) is 5.23. The fourth-order valence-electron chi connectivity index (χ4n) is 3.00. The third-order valence-corrected chi connectivity index (χ3v) is 4.31. The van der Waals surface area contributed by atoms with Crippen molar-refractivity contribution in [1.82, 2.24) is 5.32 Å². The maximum absolute atomic E-state index is 11.8. The van der Waals surface area contributed by atoms with Gasteiger partial charge in [-0.2, -0.15) is 0 Å². The molecule has 0 radical (unpaired) electrons. The van der Waals surface area contributed by atoms with Gasteiger partial charge < -0.3 is 20.4 Å². The number of nitrogens with one attached hydrogen (secondary N) is 1. The zero-order valence-electron chi connectivity index (χ0n) is 14.0. The van der Waals surface area contributed by atoms with E-state index in [1.165, 1.54) is 29.5 Å². The molecule has 0 saturated carbocycles. The fourth-order valence-corrected chi connectivity index (χ4v) is 3.00. The van der Waals surface area contributed by atoms with Crippen molar-refractivity contribution in [2.75, 3.05) is 24.5 Å². The van der Waals surface area contributed by atoms with Crippen LogP contribution in [0.25, 0.3) is 6.08 Å². The summed E-state index contributed by atoms with van der Waals surface area (Å²) in [7, 11) is 0. The van der Waals surface area contributed by atoms with E-state index in [0.717, 1.165) is 25.9 Å². The number of para-hydroxylation sites is 1. The van der Waals surface area contributed by atoms with Gasteiger partial charge in [-0.3, -0.25) is 4.79 Å². The number of phenolic OH excluding ortho intramolecular Hbond substituents is 2. The Hall–Kier alpha value is -2.95. The Morgan fingerprint density at radius 2 is 2.00 bits per heavy atom. The molecule has 0 bridgehead atoms. The standard InChI is InChI=1S/C20H22N2O3/c23-18-8-6-15(14-19(18)24)7-9-20(25)21-11-3-12-22-13-10-16-4-1-2-5-17(16)22/h1-2,4-9,14,23-24H,3,10-13H2,(H,21,25)/b9-7+. The number of hydrogen-bond acceptors (Lipinski definition) is 4. The topological polar surface area (TPSA) is 72.8 Å². The molecular formula is C20H22N2O3. The summed E-state index contributed by atoms with van der Waals surface area (Å²) >= 11 is 0. The number of nitrogens with zero attached hydrogens (tertiary/aromatic N) is 1. The molecule has 2 aromatic carbocycles. The van der Waals surface area contributed by atoms with Gasteiger partial charge in [0, 0.05) is 31.4 Å². The normalized spacial score (nSPS) is 13.2. The second-order valence-corrected chi connectivity index (χ2v) is 6.09. The van der Waals surface area contributed by atoms with Crippen LogP contribution < -0.4 is 10.2 Å². The SMILES string of the molecule is O=C(/C=C/c1ccc(O)c(O)c1)NCCCN1CCc2ccccc21. The summed E-state index contributed by atoms with van der Waals surface area (Å²) in [4.78, 5) is 14.2. The predicted octanol–water partition coefficient (Wildman–Crippen LogP) is 2.68. The summed E-state index contributed by atoms with van der Waals surface area (Å²) in [6.07, 6.45) is 5.00.